The van der Waals surface area contributed by atoms with E-state index < -0.39 is 0 Å². The molecule has 0 radical (unpaired) electrons. The van der Waals surface area contributed by atoms with E-state index in [0.29, 0.717) is 16.6 Å². The molecule has 0 atom stereocenters. The lowest BCUT2D eigenvalue weighted by Crippen LogP contribution is -2.17. The van der Waals surface area contributed by atoms with Crippen LogP contribution in [0.1, 0.15) is 26.6 Å². The zero-order chi connectivity index (χ0) is 15.6. The van der Waals surface area contributed by atoms with Gasteiger partial charge in [-0.25, -0.2) is 9.97 Å². The van der Waals surface area contributed by atoms with Crippen LogP contribution in [-0.2, 0) is 5.41 Å². The Labute approximate surface area is 138 Å². The predicted molar refractivity (Wildman–Crippen MR) is 89.7 cm³/mol. The van der Waals surface area contributed by atoms with E-state index in [1.54, 1.807) is 19.2 Å². The van der Waals surface area contributed by atoms with Gasteiger partial charge in [-0.15, -0.1) is 0 Å². The SMILES string of the molecule is COc1ccc(Cl)cc1Nc1cc(Br)nc(C(C)(C)C)n1. The van der Waals surface area contributed by atoms with Crippen molar-refractivity contribution in [1.82, 2.24) is 9.97 Å². The molecule has 1 heterocycles. The molecule has 0 fully saturated rings. The summed E-state index contributed by atoms with van der Waals surface area (Å²) in [7, 11) is 1.62. The van der Waals surface area contributed by atoms with Crippen LogP contribution in [0.3, 0.4) is 0 Å². The van der Waals surface area contributed by atoms with Crippen LogP contribution in [0.4, 0.5) is 11.5 Å². The molecule has 1 aromatic carbocycles. The number of aromatic nitrogens is 2. The van der Waals surface area contributed by atoms with Gasteiger partial charge in [0.25, 0.3) is 0 Å². The lowest BCUT2D eigenvalue weighted by atomic mass is 9.96. The largest absolute Gasteiger partial charge is 0.495 e. The van der Waals surface area contributed by atoms with Gasteiger partial charge in [-0.3, -0.25) is 0 Å². The molecule has 2 aromatic rings. The van der Waals surface area contributed by atoms with E-state index in [4.69, 9.17) is 16.3 Å². The Kier molecular flexibility index (Phi) is 4.74. The number of hydrogen-bond acceptors (Lipinski definition) is 4. The number of nitrogens with one attached hydrogen (secondary N) is 1. The number of hydrogen-bond donors (Lipinski definition) is 1. The van der Waals surface area contributed by atoms with Crippen molar-refractivity contribution in [3.63, 3.8) is 0 Å². The molecule has 0 aliphatic carbocycles. The summed E-state index contributed by atoms with van der Waals surface area (Å²) < 4.78 is 6.05. The summed E-state index contributed by atoms with van der Waals surface area (Å²) in [5, 5.41) is 3.85. The molecule has 0 saturated carbocycles. The summed E-state index contributed by atoms with van der Waals surface area (Å²) in [6.45, 7) is 6.20. The molecule has 1 N–H and O–H groups in total. The highest BCUT2D eigenvalue weighted by Gasteiger charge is 2.19. The second-order valence-corrected chi connectivity index (χ2v) is 6.87. The Morgan fingerprint density at radius 2 is 1.90 bits per heavy atom. The van der Waals surface area contributed by atoms with Gasteiger partial charge in [0.2, 0.25) is 0 Å². The first kappa shape index (κ1) is 16.0. The molecule has 112 valence electrons. The van der Waals surface area contributed by atoms with Gasteiger partial charge in [-0.1, -0.05) is 32.4 Å². The van der Waals surface area contributed by atoms with Crippen LogP contribution in [-0.4, -0.2) is 17.1 Å². The second kappa shape index (κ2) is 6.20. The molecule has 0 spiro atoms. The Morgan fingerprint density at radius 1 is 1.19 bits per heavy atom. The van der Waals surface area contributed by atoms with Gasteiger partial charge in [0.15, 0.2) is 0 Å². The number of anilines is 2. The van der Waals surface area contributed by atoms with Crippen LogP contribution < -0.4 is 10.1 Å². The van der Waals surface area contributed by atoms with E-state index in [1.165, 1.54) is 0 Å². The van der Waals surface area contributed by atoms with Gasteiger partial charge >= 0.3 is 0 Å². The predicted octanol–water partition coefficient (Wildman–Crippen LogP) is 4.94. The summed E-state index contributed by atoms with van der Waals surface area (Å²) in [6.07, 6.45) is 0. The van der Waals surface area contributed by atoms with E-state index in [2.05, 4.69) is 52.0 Å². The molecule has 4 nitrogen and oxygen atoms in total. The van der Waals surface area contributed by atoms with Crippen LogP contribution in [0.15, 0.2) is 28.9 Å². The molecule has 0 bridgehead atoms. The van der Waals surface area contributed by atoms with Crippen molar-refractivity contribution < 1.29 is 4.74 Å². The number of ether oxygens (including phenoxy) is 1. The highest BCUT2D eigenvalue weighted by Crippen LogP contribution is 2.31. The van der Waals surface area contributed by atoms with Gasteiger partial charge < -0.3 is 10.1 Å². The third-order valence-corrected chi connectivity index (χ3v) is 3.43. The second-order valence-electron chi connectivity index (χ2n) is 5.62. The van der Waals surface area contributed by atoms with E-state index in [9.17, 15) is 0 Å². The molecule has 0 aliphatic rings. The van der Waals surface area contributed by atoms with Crippen molar-refractivity contribution >= 4 is 39.0 Å². The van der Waals surface area contributed by atoms with Gasteiger partial charge in [-0.2, -0.15) is 0 Å². The van der Waals surface area contributed by atoms with Gasteiger partial charge in [0.1, 0.15) is 22.0 Å². The highest BCUT2D eigenvalue weighted by atomic mass is 79.9. The first-order valence-electron chi connectivity index (χ1n) is 6.45. The number of halogens is 2. The standard InChI is InChI=1S/C15H17BrClN3O/c1-15(2,3)14-19-12(16)8-13(20-14)18-10-7-9(17)5-6-11(10)21-4/h5-8H,1-4H3,(H,18,19,20). The first-order valence-corrected chi connectivity index (χ1v) is 7.62. The van der Waals surface area contributed by atoms with E-state index in [1.807, 2.05) is 12.1 Å². The number of rotatable bonds is 3. The first-order chi connectivity index (χ1) is 9.79. The summed E-state index contributed by atoms with van der Waals surface area (Å²) in [5.41, 5.74) is 0.619. The maximum atomic E-state index is 6.04. The number of nitrogens with zero attached hydrogens (tertiary/aromatic N) is 2. The van der Waals surface area contributed by atoms with E-state index in [-0.39, 0.29) is 5.41 Å². The Balaban J connectivity index is 2.40. The lowest BCUT2D eigenvalue weighted by molar-refractivity contribution is 0.417. The summed E-state index contributed by atoms with van der Waals surface area (Å²) in [5.74, 6) is 2.13. The highest BCUT2D eigenvalue weighted by molar-refractivity contribution is 9.10. The van der Waals surface area contributed by atoms with Crippen LogP contribution in [0.2, 0.25) is 5.02 Å². The van der Waals surface area contributed by atoms with Crippen LogP contribution >= 0.6 is 27.5 Å². The fraction of sp³-hybridized carbons (Fsp3) is 0.333. The van der Waals surface area contributed by atoms with E-state index >= 15 is 0 Å². The van der Waals surface area contributed by atoms with Gasteiger partial charge in [-0.05, 0) is 34.1 Å². The minimum absolute atomic E-state index is 0.140. The summed E-state index contributed by atoms with van der Waals surface area (Å²) in [6, 6.07) is 7.20. The molecule has 0 unspecified atom stereocenters. The van der Waals surface area contributed by atoms with Crippen molar-refractivity contribution in [2.45, 2.75) is 26.2 Å². The maximum absolute atomic E-state index is 6.04. The maximum Gasteiger partial charge on any atom is 0.142 e. The normalized spacial score (nSPS) is 11.3. The number of methoxy groups -OCH3 is 1. The zero-order valence-corrected chi connectivity index (χ0v) is 14.7. The fourth-order valence-corrected chi connectivity index (χ4v) is 2.29. The Bertz CT molecular complexity index is 656. The molecular formula is C15H17BrClN3O. The van der Waals surface area contributed by atoms with Crippen molar-refractivity contribution in [3.05, 3.63) is 39.7 Å². The van der Waals surface area contributed by atoms with Crippen LogP contribution in [0.25, 0.3) is 0 Å². The molecular weight excluding hydrogens is 354 g/mol. The van der Waals surface area contributed by atoms with Crippen molar-refractivity contribution in [2.75, 3.05) is 12.4 Å². The molecule has 0 saturated heterocycles. The average Bonchev–Trinajstić information content (AvgIpc) is 2.37. The smallest absolute Gasteiger partial charge is 0.142 e. The van der Waals surface area contributed by atoms with Gasteiger partial charge in [0, 0.05) is 16.5 Å². The molecule has 21 heavy (non-hydrogen) atoms. The quantitative estimate of drug-likeness (QED) is 0.777. The Morgan fingerprint density at radius 3 is 2.52 bits per heavy atom. The van der Waals surface area contributed by atoms with Crippen LogP contribution in [0.5, 0.6) is 5.75 Å². The Hall–Kier alpha value is -1.33. The average molecular weight is 371 g/mol. The fourth-order valence-electron chi connectivity index (χ4n) is 1.73. The molecule has 1 aromatic heterocycles. The molecule has 6 heteroatoms. The number of benzene rings is 1. The minimum Gasteiger partial charge on any atom is -0.495 e. The third kappa shape index (κ3) is 4.08. The summed E-state index contributed by atoms with van der Waals surface area (Å²) in [4.78, 5) is 8.97. The molecule has 2 rings (SSSR count). The third-order valence-electron chi connectivity index (χ3n) is 2.79. The monoisotopic (exact) mass is 369 g/mol. The summed E-state index contributed by atoms with van der Waals surface area (Å²) >= 11 is 9.46. The van der Waals surface area contributed by atoms with Gasteiger partial charge in [0.05, 0.1) is 12.8 Å². The minimum atomic E-state index is -0.140. The topological polar surface area (TPSA) is 47.0 Å². The molecule has 0 amide bonds. The van der Waals surface area contributed by atoms with Crippen molar-refractivity contribution in [1.29, 1.82) is 0 Å². The van der Waals surface area contributed by atoms with Crippen molar-refractivity contribution in [2.24, 2.45) is 0 Å². The van der Waals surface area contributed by atoms with E-state index in [0.717, 1.165) is 16.1 Å². The van der Waals surface area contributed by atoms with Crippen molar-refractivity contribution in [3.8, 4) is 5.75 Å². The van der Waals surface area contributed by atoms with Crippen LogP contribution in [0, 0.1) is 0 Å². The zero-order valence-electron chi connectivity index (χ0n) is 12.4. The lowest BCUT2D eigenvalue weighted by Gasteiger charge is -2.18. The molecule has 0 aliphatic heterocycles.